The number of nitriles is 1. The Labute approximate surface area is 145 Å². The Hall–Kier alpha value is -2.70. The quantitative estimate of drug-likeness (QED) is 0.583. The number of rotatable bonds is 3. The average molecular weight is 328 g/mol. The maximum atomic E-state index is 9.41. The molecule has 3 heteroatoms. The van der Waals surface area contributed by atoms with Crippen molar-refractivity contribution >= 4 is 22.6 Å². The van der Waals surface area contributed by atoms with Crippen molar-refractivity contribution in [2.45, 2.75) is 19.3 Å². The molecule has 1 aliphatic rings. The zero-order chi connectivity index (χ0) is 16.4. The monoisotopic (exact) mass is 328 g/mol. The van der Waals surface area contributed by atoms with Crippen LogP contribution in [-0.2, 0) is 12.8 Å². The maximum absolute atomic E-state index is 9.41. The van der Waals surface area contributed by atoms with Crippen LogP contribution in [0, 0.1) is 11.3 Å². The van der Waals surface area contributed by atoms with Crippen LogP contribution in [0.3, 0.4) is 0 Å². The Balaban J connectivity index is 1.58. The van der Waals surface area contributed by atoms with E-state index in [0.29, 0.717) is 0 Å². The molecule has 0 radical (unpaired) electrons. The molecular weight excluding hydrogens is 312 g/mol. The minimum atomic E-state index is 0.782. The number of aliphatic imine (C=N–C) groups is 1. The van der Waals surface area contributed by atoms with Gasteiger partial charge in [0.25, 0.3) is 0 Å². The van der Waals surface area contributed by atoms with Crippen LogP contribution in [0.2, 0.25) is 0 Å². The second-order valence-corrected chi connectivity index (χ2v) is 6.98. The van der Waals surface area contributed by atoms with Gasteiger partial charge in [-0.2, -0.15) is 5.26 Å². The average Bonchev–Trinajstić information content (AvgIpc) is 3.21. The van der Waals surface area contributed by atoms with E-state index in [9.17, 15) is 5.26 Å². The Kier molecular flexibility index (Phi) is 3.98. The zero-order valence-electron chi connectivity index (χ0n) is 13.2. The van der Waals surface area contributed by atoms with Gasteiger partial charge in [0.15, 0.2) is 0 Å². The van der Waals surface area contributed by atoms with E-state index in [2.05, 4.69) is 47.5 Å². The highest BCUT2D eigenvalue weighted by Gasteiger charge is 2.21. The molecule has 0 spiro atoms. The summed E-state index contributed by atoms with van der Waals surface area (Å²) in [5.74, 6) is 0. The van der Waals surface area contributed by atoms with E-state index in [4.69, 9.17) is 0 Å². The number of benzene rings is 2. The second-order valence-electron chi connectivity index (χ2n) is 5.90. The summed E-state index contributed by atoms with van der Waals surface area (Å²) >= 11 is 1.67. The van der Waals surface area contributed by atoms with Crippen molar-refractivity contribution < 1.29 is 0 Å². The molecule has 0 aliphatic heterocycles. The van der Waals surface area contributed by atoms with Gasteiger partial charge in [-0.05, 0) is 41.5 Å². The Bertz CT molecular complexity index is 928. The molecule has 0 saturated heterocycles. The van der Waals surface area contributed by atoms with Gasteiger partial charge in [-0.25, -0.2) is 4.99 Å². The number of aryl methyl sites for hydroxylation is 1. The minimum absolute atomic E-state index is 0.782. The molecule has 116 valence electrons. The molecule has 0 N–H and O–H groups in total. The first-order chi connectivity index (χ1) is 11.8. The lowest BCUT2D eigenvalue weighted by atomic mass is 10.0. The molecule has 24 heavy (non-hydrogen) atoms. The molecule has 4 rings (SSSR count). The summed E-state index contributed by atoms with van der Waals surface area (Å²) < 4.78 is 0. The van der Waals surface area contributed by atoms with Crippen LogP contribution >= 0.6 is 11.3 Å². The van der Waals surface area contributed by atoms with E-state index in [1.54, 1.807) is 11.3 Å². The van der Waals surface area contributed by atoms with Crippen molar-refractivity contribution in [2.24, 2.45) is 4.99 Å². The largest absolute Gasteiger partial charge is 0.244 e. The molecule has 1 heterocycles. The van der Waals surface area contributed by atoms with Crippen molar-refractivity contribution in [3.63, 3.8) is 0 Å². The van der Waals surface area contributed by atoms with E-state index >= 15 is 0 Å². The lowest BCUT2D eigenvalue weighted by Gasteiger charge is -2.01. The van der Waals surface area contributed by atoms with Crippen LogP contribution in [0.25, 0.3) is 11.1 Å². The van der Waals surface area contributed by atoms with Gasteiger partial charge in [-0.1, -0.05) is 54.6 Å². The Morgan fingerprint density at radius 1 is 0.958 bits per heavy atom. The number of hydrogen-bond acceptors (Lipinski definition) is 3. The van der Waals surface area contributed by atoms with Crippen LogP contribution in [0.15, 0.2) is 59.6 Å². The first kappa shape index (κ1) is 14.9. The van der Waals surface area contributed by atoms with Crippen LogP contribution in [0.5, 0.6) is 0 Å². The third-order valence-electron chi connectivity index (χ3n) is 4.36. The minimum Gasteiger partial charge on any atom is -0.244 e. The standard InChI is InChI=1S/C21H16N2S/c22-13-19-18-7-4-8-20(18)24-21(19)23-14-15-9-11-17(12-10-15)16-5-2-1-3-6-16/h1-3,5-6,9-12,14H,4,7-8H2/b23-14+. The SMILES string of the molecule is N#Cc1c(/N=C/c2ccc(-c3ccccc3)cc2)sc2c1CCC2. The summed E-state index contributed by atoms with van der Waals surface area (Å²) in [5.41, 5.74) is 5.47. The predicted molar refractivity (Wildman–Crippen MR) is 100 cm³/mol. The molecule has 0 bridgehead atoms. The van der Waals surface area contributed by atoms with Crippen LogP contribution in [0.1, 0.15) is 28.0 Å². The molecule has 0 fully saturated rings. The summed E-state index contributed by atoms with van der Waals surface area (Å²) in [6, 6.07) is 21.0. The van der Waals surface area contributed by atoms with Gasteiger partial charge >= 0.3 is 0 Å². The molecular formula is C21H16N2S. The molecule has 1 aromatic heterocycles. The summed E-state index contributed by atoms with van der Waals surface area (Å²) in [5, 5.41) is 10.3. The third kappa shape index (κ3) is 2.77. The van der Waals surface area contributed by atoms with E-state index in [1.807, 2.05) is 24.4 Å². The predicted octanol–water partition coefficient (Wildman–Crippen LogP) is 5.53. The fraction of sp³-hybridized carbons (Fsp3) is 0.143. The van der Waals surface area contributed by atoms with Gasteiger partial charge in [0.1, 0.15) is 11.1 Å². The second kappa shape index (κ2) is 6.43. The molecule has 0 atom stereocenters. The van der Waals surface area contributed by atoms with E-state index < -0.39 is 0 Å². The highest BCUT2D eigenvalue weighted by molar-refractivity contribution is 7.16. The first-order valence-electron chi connectivity index (χ1n) is 8.09. The lowest BCUT2D eigenvalue weighted by molar-refractivity contribution is 0.913. The number of fused-ring (bicyclic) bond motifs is 1. The molecule has 1 aliphatic carbocycles. The molecule has 0 saturated carbocycles. The molecule has 0 amide bonds. The van der Waals surface area contributed by atoms with Gasteiger partial charge in [-0.15, -0.1) is 11.3 Å². The van der Waals surface area contributed by atoms with Crippen LogP contribution in [0.4, 0.5) is 5.00 Å². The lowest BCUT2D eigenvalue weighted by Crippen LogP contribution is -1.83. The fourth-order valence-electron chi connectivity index (χ4n) is 3.12. The van der Waals surface area contributed by atoms with Gasteiger partial charge in [0.2, 0.25) is 0 Å². The smallest absolute Gasteiger partial charge is 0.134 e. The number of thiophene rings is 1. The van der Waals surface area contributed by atoms with Gasteiger partial charge in [0.05, 0.1) is 5.56 Å². The normalized spacial score (nSPS) is 13.1. The van der Waals surface area contributed by atoms with Crippen molar-refractivity contribution in [1.82, 2.24) is 0 Å². The summed E-state index contributed by atoms with van der Waals surface area (Å²) in [7, 11) is 0. The Morgan fingerprint density at radius 2 is 1.71 bits per heavy atom. The fourth-order valence-corrected chi connectivity index (χ4v) is 4.30. The van der Waals surface area contributed by atoms with Gasteiger partial charge < -0.3 is 0 Å². The zero-order valence-corrected chi connectivity index (χ0v) is 14.0. The van der Waals surface area contributed by atoms with Gasteiger partial charge in [-0.3, -0.25) is 0 Å². The molecule has 2 nitrogen and oxygen atoms in total. The highest BCUT2D eigenvalue weighted by atomic mass is 32.1. The van der Waals surface area contributed by atoms with E-state index in [-0.39, 0.29) is 0 Å². The number of hydrogen-bond donors (Lipinski definition) is 0. The summed E-state index contributed by atoms with van der Waals surface area (Å²) in [6.07, 6.45) is 5.14. The van der Waals surface area contributed by atoms with Crippen molar-refractivity contribution in [3.05, 3.63) is 76.2 Å². The first-order valence-corrected chi connectivity index (χ1v) is 8.91. The van der Waals surface area contributed by atoms with Crippen molar-refractivity contribution in [2.75, 3.05) is 0 Å². The maximum Gasteiger partial charge on any atom is 0.134 e. The highest BCUT2D eigenvalue weighted by Crippen LogP contribution is 2.40. The van der Waals surface area contributed by atoms with Crippen molar-refractivity contribution in [3.8, 4) is 17.2 Å². The van der Waals surface area contributed by atoms with E-state index in [1.165, 1.54) is 28.0 Å². The third-order valence-corrected chi connectivity index (χ3v) is 5.56. The number of nitrogens with zero attached hydrogens (tertiary/aromatic N) is 2. The van der Waals surface area contributed by atoms with Crippen molar-refractivity contribution in [1.29, 1.82) is 5.26 Å². The summed E-state index contributed by atoms with van der Waals surface area (Å²) in [6.45, 7) is 0. The molecule has 3 aromatic rings. The molecule has 0 unspecified atom stereocenters. The molecule has 2 aromatic carbocycles. The van der Waals surface area contributed by atoms with Crippen LogP contribution < -0.4 is 0 Å². The van der Waals surface area contributed by atoms with Gasteiger partial charge in [0, 0.05) is 11.1 Å². The summed E-state index contributed by atoms with van der Waals surface area (Å²) in [4.78, 5) is 5.93. The van der Waals surface area contributed by atoms with Crippen LogP contribution in [-0.4, -0.2) is 6.21 Å². The Morgan fingerprint density at radius 3 is 2.46 bits per heavy atom. The topological polar surface area (TPSA) is 36.1 Å². The van der Waals surface area contributed by atoms with E-state index in [0.717, 1.165) is 29.0 Å².